The third-order valence-electron chi connectivity index (χ3n) is 4.05. The zero-order valence-corrected chi connectivity index (χ0v) is 10.0. The second-order valence-electron chi connectivity index (χ2n) is 5.65. The first kappa shape index (κ1) is 10.5. The van der Waals surface area contributed by atoms with Gasteiger partial charge in [0.25, 0.3) is 0 Å². The van der Waals surface area contributed by atoms with E-state index < -0.39 is 0 Å². The predicted molar refractivity (Wildman–Crippen MR) is 59.8 cm³/mol. The molecule has 0 aromatic rings. The molecule has 4 nitrogen and oxygen atoms in total. The van der Waals surface area contributed by atoms with E-state index in [1.165, 1.54) is 0 Å². The molecule has 2 saturated heterocycles. The number of hydrogen-bond acceptors (Lipinski definition) is 3. The molecule has 3 aliphatic rings. The summed E-state index contributed by atoms with van der Waals surface area (Å²) in [5.74, 6) is 0.784. The number of nitrogens with one attached hydrogen (secondary N) is 1. The molecule has 3 rings (SSSR count). The third kappa shape index (κ3) is 1.39. The second kappa shape index (κ2) is 3.44. The zero-order valence-electron chi connectivity index (χ0n) is 10.0. The Kier molecular flexibility index (Phi) is 2.27. The van der Waals surface area contributed by atoms with Crippen molar-refractivity contribution in [2.75, 3.05) is 13.2 Å². The molecule has 1 aliphatic carbocycles. The minimum absolute atomic E-state index is 0.183. The Hall–Kier alpha value is -0.610. The molecule has 1 spiro atoms. The van der Waals surface area contributed by atoms with Crippen LogP contribution in [0.25, 0.3) is 0 Å². The number of carbonyl (C=O) groups is 1. The van der Waals surface area contributed by atoms with E-state index in [9.17, 15) is 4.79 Å². The highest BCUT2D eigenvalue weighted by molar-refractivity contribution is 5.92. The van der Waals surface area contributed by atoms with Crippen LogP contribution in [0.2, 0.25) is 0 Å². The summed E-state index contributed by atoms with van der Waals surface area (Å²) in [5.41, 5.74) is -0.183. The van der Waals surface area contributed by atoms with Crippen molar-refractivity contribution in [1.82, 2.24) is 10.2 Å². The number of amides is 1. The lowest BCUT2D eigenvalue weighted by atomic mass is 10.1. The normalized spacial score (nSPS) is 36.7. The Bertz CT molecular complexity index is 306. The first-order chi connectivity index (χ1) is 7.64. The maximum Gasteiger partial charge on any atom is 0.244 e. The van der Waals surface area contributed by atoms with Crippen LogP contribution in [-0.2, 0) is 9.53 Å². The molecule has 2 unspecified atom stereocenters. The van der Waals surface area contributed by atoms with Gasteiger partial charge in [0.1, 0.15) is 0 Å². The molecule has 0 bridgehead atoms. The van der Waals surface area contributed by atoms with Crippen LogP contribution in [0, 0.1) is 5.92 Å². The molecule has 2 aliphatic heterocycles. The maximum atomic E-state index is 12.4. The van der Waals surface area contributed by atoms with E-state index in [0.29, 0.717) is 24.5 Å². The van der Waals surface area contributed by atoms with E-state index in [4.69, 9.17) is 4.74 Å². The number of nitrogens with zero attached hydrogens (tertiary/aromatic N) is 1. The monoisotopic (exact) mass is 224 g/mol. The molecule has 0 aromatic heterocycles. The third-order valence-corrected chi connectivity index (χ3v) is 4.05. The Morgan fingerprint density at radius 2 is 2.25 bits per heavy atom. The molecular formula is C12H20N2O2. The van der Waals surface area contributed by atoms with Crippen molar-refractivity contribution in [1.29, 1.82) is 0 Å². The van der Waals surface area contributed by atoms with Crippen LogP contribution in [0.15, 0.2) is 0 Å². The topological polar surface area (TPSA) is 41.6 Å². The maximum absolute atomic E-state index is 12.4. The van der Waals surface area contributed by atoms with Crippen molar-refractivity contribution in [3.63, 3.8) is 0 Å². The van der Waals surface area contributed by atoms with E-state index >= 15 is 0 Å². The fourth-order valence-corrected chi connectivity index (χ4v) is 2.89. The molecular weight excluding hydrogens is 204 g/mol. The zero-order chi connectivity index (χ0) is 11.3. The molecule has 0 aromatic carbocycles. The highest BCUT2D eigenvalue weighted by Gasteiger charge is 2.60. The van der Waals surface area contributed by atoms with E-state index in [1.807, 2.05) is 0 Å². The predicted octanol–water partition coefficient (Wildman–Crippen LogP) is 0.722. The van der Waals surface area contributed by atoms with Crippen molar-refractivity contribution in [3.05, 3.63) is 0 Å². The molecule has 0 radical (unpaired) electrons. The van der Waals surface area contributed by atoms with E-state index in [-0.39, 0.29) is 11.7 Å². The van der Waals surface area contributed by atoms with Gasteiger partial charge in [-0.3, -0.25) is 10.1 Å². The average molecular weight is 224 g/mol. The number of carbonyl (C=O) groups excluding carboxylic acids is 1. The van der Waals surface area contributed by atoms with Gasteiger partial charge in [-0.15, -0.1) is 0 Å². The number of hydrogen-bond donors (Lipinski definition) is 1. The highest BCUT2D eigenvalue weighted by atomic mass is 16.5. The average Bonchev–Trinajstić information content (AvgIpc) is 2.70. The lowest BCUT2D eigenvalue weighted by Crippen LogP contribution is -2.47. The summed E-state index contributed by atoms with van der Waals surface area (Å²) in [6.07, 6.45) is 3.23. The summed E-state index contributed by atoms with van der Waals surface area (Å²) >= 11 is 0. The molecule has 2 heterocycles. The summed E-state index contributed by atoms with van der Waals surface area (Å²) in [6, 6.07) is 0.298. The Labute approximate surface area is 96.3 Å². The standard InChI is InChI=1S/C12H20N2O2/c1-8(2)10-13-12(4-5-12)11(15)14(10)9-3-6-16-7-9/h8-10,13H,3-7H2,1-2H3. The van der Waals surface area contributed by atoms with Gasteiger partial charge in [-0.2, -0.15) is 0 Å². The van der Waals surface area contributed by atoms with Crippen LogP contribution < -0.4 is 5.32 Å². The Morgan fingerprint density at radius 1 is 1.50 bits per heavy atom. The Balaban J connectivity index is 1.84. The van der Waals surface area contributed by atoms with Gasteiger partial charge < -0.3 is 9.64 Å². The molecule has 1 amide bonds. The fraction of sp³-hybridized carbons (Fsp3) is 0.917. The highest BCUT2D eigenvalue weighted by Crippen LogP contribution is 2.44. The minimum atomic E-state index is -0.183. The number of ether oxygens (including phenoxy) is 1. The molecule has 16 heavy (non-hydrogen) atoms. The largest absolute Gasteiger partial charge is 0.379 e. The first-order valence-electron chi connectivity index (χ1n) is 6.32. The van der Waals surface area contributed by atoms with Gasteiger partial charge in [-0.05, 0) is 25.2 Å². The Morgan fingerprint density at radius 3 is 2.75 bits per heavy atom. The van der Waals surface area contributed by atoms with Crippen LogP contribution in [-0.4, -0.2) is 41.8 Å². The van der Waals surface area contributed by atoms with Crippen molar-refractivity contribution in [3.8, 4) is 0 Å². The fourth-order valence-electron chi connectivity index (χ4n) is 2.89. The van der Waals surface area contributed by atoms with Crippen molar-refractivity contribution >= 4 is 5.91 Å². The molecule has 1 N–H and O–H groups in total. The summed E-state index contributed by atoms with van der Waals surface area (Å²) in [4.78, 5) is 14.5. The van der Waals surface area contributed by atoms with Gasteiger partial charge in [0, 0.05) is 6.61 Å². The van der Waals surface area contributed by atoms with Crippen LogP contribution in [0.5, 0.6) is 0 Å². The smallest absolute Gasteiger partial charge is 0.244 e. The summed E-state index contributed by atoms with van der Waals surface area (Å²) in [5, 5.41) is 3.54. The van der Waals surface area contributed by atoms with Crippen LogP contribution in [0.3, 0.4) is 0 Å². The van der Waals surface area contributed by atoms with E-state index in [2.05, 4.69) is 24.1 Å². The van der Waals surface area contributed by atoms with Gasteiger partial charge >= 0.3 is 0 Å². The molecule has 1 saturated carbocycles. The molecule has 2 atom stereocenters. The first-order valence-corrected chi connectivity index (χ1v) is 6.32. The van der Waals surface area contributed by atoms with Crippen LogP contribution in [0.1, 0.15) is 33.1 Å². The quantitative estimate of drug-likeness (QED) is 0.751. The lowest BCUT2D eigenvalue weighted by Gasteiger charge is -2.31. The van der Waals surface area contributed by atoms with Gasteiger partial charge in [0.05, 0.1) is 24.4 Å². The van der Waals surface area contributed by atoms with Gasteiger partial charge in [-0.25, -0.2) is 0 Å². The van der Waals surface area contributed by atoms with Crippen molar-refractivity contribution in [2.45, 2.75) is 50.9 Å². The van der Waals surface area contributed by atoms with Crippen molar-refractivity contribution < 1.29 is 9.53 Å². The van der Waals surface area contributed by atoms with Crippen LogP contribution >= 0.6 is 0 Å². The van der Waals surface area contributed by atoms with Gasteiger partial charge in [0.2, 0.25) is 5.91 Å². The van der Waals surface area contributed by atoms with Gasteiger partial charge in [0.15, 0.2) is 0 Å². The SMILES string of the molecule is CC(C)C1NC2(CC2)C(=O)N1C1CCOC1. The molecule has 3 fully saturated rings. The van der Waals surface area contributed by atoms with E-state index in [1.54, 1.807) is 0 Å². The van der Waals surface area contributed by atoms with Crippen LogP contribution in [0.4, 0.5) is 0 Å². The van der Waals surface area contributed by atoms with E-state index in [0.717, 1.165) is 25.9 Å². The van der Waals surface area contributed by atoms with Crippen molar-refractivity contribution in [2.24, 2.45) is 5.92 Å². The van der Waals surface area contributed by atoms with Gasteiger partial charge in [-0.1, -0.05) is 13.8 Å². The molecule has 4 heteroatoms. The minimum Gasteiger partial charge on any atom is -0.379 e. The summed E-state index contributed by atoms with van der Waals surface area (Å²) in [6.45, 7) is 5.86. The second-order valence-corrected chi connectivity index (χ2v) is 5.65. The summed E-state index contributed by atoms with van der Waals surface area (Å²) in [7, 11) is 0. The summed E-state index contributed by atoms with van der Waals surface area (Å²) < 4.78 is 5.41. The number of rotatable bonds is 2. The lowest BCUT2D eigenvalue weighted by molar-refractivity contribution is -0.133. The molecule has 90 valence electrons.